The molecule has 1 aliphatic heterocycles. The van der Waals surface area contributed by atoms with Gasteiger partial charge in [-0.2, -0.15) is 0 Å². The first-order valence-electron chi connectivity index (χ1n) is 10.7. The smallest absolute Gasteiger partial charge is 0.319 e. The molecule has 0 spiro atoms. The summed E-state index contributed by atoms with van der Waals surface area (Å²) in [6.07, 6.45) is 1.68. The Labute approximate surface area is 183 Å². The molecule has 5 nitrogen and oxygen atoms in total. The van der Waals surface area contributed by atoms with E-state index in [1.807, 2.05) is 71.6 Å². The maximum absolute atomic E-state index is 13.1. The summed E-state index contributed by atoms with van der Waals surface area (Å²) in [5.74, 6) is 0.00544. The standard InChI is InChI=1S/C26H27N3O2/c1-3-20-9-7-8-12-23(20)28-26(31)27-17-19-13-14-22-15-18(2)29(24(22)16-19)25(30)21-10-5-4-6-11-21/h4-14,16,18H,3,15,17H2,1-2H3,(H2,27,28,31)/t18-/m1/s1. The molecule has 1 aliphatic rings. The average molecular weight is 414 g/mol. The molecular weight excluding hydrogens is 386 g/mol. The summed E-state index contributed by atoms with van der Waals surface area (Å²) >= 11 is 0. The van der Waals surface area contributed by atoms with Crippen molar-refractivity contribution in [2.24, 2.45) is 0 Å². The summed E-state index contributed by atoms with van der Waals surface area (Å²) in [5.41, 5.74) is 5.64. The number of carbonyl (C=O) groups excluding carboxylic acids is 2. The Morgan fingerprint density at radius 1 is 1.00 bits per heavy atom. The lowest BCUT2D eigenvalue weighted by atomic mass is 10.1. The first kappa shape index (κ1) is 20.7. The molecule has 3 aromatic rings. The van der Waals surface area contributed by atoms with E-state index in [4.69, 9.17) is 0 Å². The topological polar surface area (TPSA) is 61.4 Å². The number of benzene rings is 3. The minimum atomic E-state index is -0.244. The van der Waals surface area contributed by atoms with E-state index in [1.54, 1.807) is 0 Å². The van der Waals surface area contributed by atoms with Crippen LogP contribution in [-0.2, 0) is 19.4 Å². The number of urea groups is 1. The Balaban J connectivity index is 1.46. The van der Waals surface area contributed by atoms with Crippen LogP contribution in [0.2, 0.25) is 0 Å². The van der Waals surface area contributed by atoms with Gasteiger partial charge in [-0.25, -0.2) is 4.79 Å². The molecule has 3 aromatic carbocycles. The van der Waals surface area contributed by atoms with Crippen molar-refractivity contribution in [1.29, 1.82) is 0 Å². The lowest BCUT2D eigenvalue weighted by Crippen LogP contribution is -2.35. The first-order chi connectivity index (χ1) is 15.1. The SMILES string of the molecule is CCc1ccccc1NC(=O)NCc1ccc2c(c1)N(C(=O)c1ccccc1)[C@H](C)C2. The molecule has 0 radical (unpaired) electrons. The van der Waals surface area contributed by atoms with Gasteiger partial charge >= 0.3 is 6.03 Å². The Bertz CT molecular complexity index is 1090. The fourth-order valence-corrected chi connectivity index (χ4v) is 4.09. The van der Waals surface area contributed by atoms with Gasteiger partial charge in [-0.15, -0.1) is 0 Å². The van der Waals surface area contributed by atoms with Crippen LogP contribution >= 0.6 is 0 Å². The molecule has 0 aromatic heterocycles. The first-order valence-corrected chi connectivity index (χ1v) is 10.7. The number of hydrogen-bond acceptors (Lipinski definition) is 2. The Hall–Kier alpha value is -3.60. The van der Waals surface area contributed by atoms with Crippen molar-refractivity contribution >= 4 is 23.3 Å². The van der Waals surface area contributed by atoms with E-state index < -0.39 is 0 Å². The van der Waals surface area contributed by atoms with Crippen LogP contribution in [-0.4, -0.2) is 18.0 Å². The highest BCUT2D eigenvalue weighted by molar-refractivity contribution is 6.07. The van der Waals surface area contributed by atoms with Gasteiger partial charge in [0.2, 0.25) is 0 Å². The summed E-state index contributed by atoms with van der Waals surface area (Å²) in [6, 6.07) is 23.1. The minimum absolute atomic E-state index is 0.00544. The maximum Gasteiger partial charge on any atom is 0.319 e. The van der Waals surface area contributed by atoms with Crippen molar-refractivity contribution in [3.05, 3.63) is 95.1 Å². The number of rotatable bonds is 5. The van der Waals surface area contributed by atoms with Crippen LogP contribution in [0.4, 0.5) is 16.2 Å². The zero-order valence-electron chi connectivity index (χ0n) is 17.9. The predicted molar refractivity (Wildman–Crippen MR) is 125 cm³/mol. The van der Waals surface area contributed by atoms with Gasteiger partial charge in [-0.05, 0) is 60.7 Å². The lowest BCUT2D eigenvalue weighted by Gasteiger charge is -2.23. The Kier molecular flexibility index (Phi) is 6.03. The summed E-state index contributed by atoms with van der Waals surface area (Å²) in [4.78, 5) is 27.4. The van der Waals surface area contributed by atoms with E-state index in [0.717, 1.165) is 40.9 Å². The van der Waals surface area contributed by atoms with Crippen LogP contribution in [0.5, 0.6) is 0 Å². The van der Waals surface area contributed by atoms with Gasteiger partial charge < -0.3 is 15.5 Å². The maximum atomic E-state index is 13.1. The monoisotopic (exact) mass is 413 g/mol. The highest BCUT2D eigenvalue weighted by Gasteiger charge is 2.31. The van der Waals surface area contributed by atoms with Crippen LogP contribution in [0.15, 0.2) is 72.8 Å². The normalized spacial score (nSPS) is 14.8. The number of para-hydroxylation sites is 1. The van der Waals surface area contributed by atoms with Crippen molar-refractivity contribution in [2.75, 3.05) is 10.2 Å². The van der Waals surface area contributed by atoms with Crippen LogP contribution in [0.3, 0.4) is 0 Å². The molecule has 0 saturated heterocycles. The molecule has 0 bridgehead atoms. The summed E-state index contributed by atoms with van der Waals surface area (Å²) in [6.45, 7) is 4.51. The van der Waals surface area contributed by atoms with Gasteiger partial charge in [0.1, 0.15) is 0 Å². The molecule has 1 heterocycles. The number of aryl methyl sites for hydroxylation is 1. The molecule has 1 atom stereocenters. The molecule has 5 heteroatoms. The van der Waals surface area contributed by atoms with Crippen molar-refractivity contribution in [3.63, 3.8) is 0 Å². The molecule has 31 heavy (non-hydrogen) atoms. The fraction of sp³-hybridized carbons (Fsp3) is 0.231. The average Bonchev–Trinajstić information content (AvgIpc) is 3.13. The van der Waals surface area contributed by atoms with Crippen LogP contribution < -0.4 is 15.5 Å². The summed E-state index contributed by atoms with van der Waals surface area (Å²) in [5, 5.41) is 5.85. The second-order valence-corrected chi connectivity index (χ2v) is 7.88. The zero-order valence-corrected chi connectivity index (χ0v) is 17.9. The predicted octanol–water partition coefficient (Wildman–Crippen LogP) is 5.16. The molecule has 3 amide bonds. The number of nitrogens with one attached hydrogen (secondary N) is 2. The summed E-state index contributed by atoms with van der Waals surface area (Å²) < 4.78 is 0. The molecular formula is C26H27N3O2. The van der Waals surface area contributed by atoms with E-state index in [-0.39, 0.29) is 18.0 Å². The molecule has 0 unspecified atom stereocenters. The second kappa shape index (κ2) is 9.04. The van der Waals surface area contributed by atoms with Gasteiger partial charge in [0.25, 0.3) is 5.91 Å². The van der Waals surface area contributed by atoms with Gasteiger partial charge in [-0.1, -0.05) is 55.5 Å². The van der Waals surface area contributed by atoms with Crippen LogP contribution in [0.1, 0.15) is 40.9 Å². The van der Waals surface area contributed by atoms with E-state index >= 15 is 0 Å². The number of fused-ring (bicyclic) bond motifs is 1. The lowest BCUT2D eigenvalue weighted by molar-refractivity contribution is 0.0981. The van der Waals surface area contributed by atoms with Crippen LogP contribution in [0.25, 0.3) is 0 Å². The minimum Gasteiger partial charge on any atom is -0.334 e. The van der Waals surface area contributed by atoms with Crippen molar-refractivity contribution in [3.8, 4) is 0 Å². The molecule has 0 saturated carbocycles. The van der Waals surface area contributed by atoms with Crippen molar-refractivity contribution in [1.82, 2.24) is 5.32 Å². The molecule has 158 valence electrons. The molecule has 4 rings (SSSR count). The third-order valence-electron chi connectivity index (χ3n) is 5.70. The zero-order chi connectivity index (χ0) is 21.8. The molecule has 0 fully saturated rings. The quantitative estimate of drug-likeness (QED) is 0.607. The summed E-state index contributed by atoms with van der Waals surface area (Å²) in [7, 11) is 0. The van der Waals surface area contributed by atoms with Crippen molar-refractivity contribution < 1.29 is 9.59 Å². The highest BCUT2D eigenvalue weighted by atomic mass is 16.2. The second-order valence-electron chi connectivity index (χ2n) is 7.88. The van der Waals surface area contributed by atoms with E-state index in [0.29, 0.717) is 12.1 Å². The van der Waals surface area contributed by atoms with E-state index in [1.165, 1.54) is 0 Å². The van der Waals surface area contributed by atoms with E-state index in [2.05, 4.69) is 30.5 Å². The van der Waals surface area contributed by atoms with Crippen LogP contribution in [0, 0.1) is 0 Å². The van der Waals surface area contributed by atoms with Gasteiger partial charge in [0, 0.05) is 29.5 Å². The number of hydrogen-bond donors (Lipinski definition) is 2. The number of nitrogens with zero attached hydrogens (tertiary/aromatic N) is 1. The number of anilines is 2. The molecule has 0 aliphatic carbocycles. The van der Waals surface area contributed by atoms with Crippen molar-refractivity contribution in [2.45, 2.75) is 39.3 Å². The Morgan fingerprint density at radius 3 is 2.52 bits per heavy atom. The number of amides is 3. The van der Waals surface area contributed by atoms with Gasteiger partial charge in [0.05, 0.1) is 0 Å². The van der Waals surface area contributed by atoms with Gasteiger partial charge in [0.15, 0.2) is 0 Å². The van der Waals surface area contributed by atoms with Gasteiger partial charge in [-0.3, -0.25) is 4.79 Å². The highest BCUT2D eigenvalue weighted by Crippen LogP contribution is 2.34. The van der Waals surface area contributed by atoms with E-state index in [9.17, 15) is 9.59 Å². The number of carbonyl (C=O) groups is 2. The fourth-order valence-electron chi connectivity index (χ4n) is 4.09. The Morgan fingerprint density at radius 2 is 1.74 bits per heavy atom. The third-order valence-corrected chi connectivity index (χ3v) is 5.70. The largest absolute Gasteiger partial charge is 0.334 e. The molecule has 2 N–H and O–H groups in total. The third kappa shape index (κ3) is 4.45.